The van der Waals surface area contributed by atoms with Gasteiger partial charge in [0.1, 0.15) is 0 Å². The standard InChI is InChI=1S/C8H20N.CH2O3.Na/c1-5-9(6-2,7-3)8-4;2-1(3)4;/h5-8H2,1-4H3;(H2,2,3,4);/q+1;;+1/p-2. The Morgan fingerprint density at radius 2 is 1.07 bits per heavy atom. The fourth-order valence-corrected chi connectivity index (χ4v) is 1.34. The molecule has 0 heterocycles. The monoisotopic (exact) mass is 213 g/mol. The molecule has 0 saturated heterocycles. The van der Waals surface area contributed by atoms with Gasteiger partial charge in [0.25, 0.3) is 0 Å². The van der Waals surface area contributed by atoms with E-state index in [4.69, 9.17) is 15.0 Å². The number of carbonyl (C=O) groups excluding carboxylic acids is 1. The van der Waals surface area contributed by atoms with E-state index in [9.17, 15) is 0 Å². The molecule has 14 heavy (non-hydrogen) atoms. The summed E-state index contributed by atoms with van der Waals surface area (Å²) in [6.45, 7) is 14.2. The summed E-state index contributed by atoms with van der Waals surface area (Å²) in [5.41, 5.74) is 0. The molecular weight excluding hydrogens is 193 g/mol. The van der Waals surface area contributed by atoms with E-state index in [1.54, 1.807) is 0 Å². The zero-order valence-corrected chi connectivity index (χ0v) is 12.0. The van der Waals surface area contributed by atoms with Crippen molar-refractivity contribution in [2.75, 3.05) is 26.2 Å². The Balaban J connectivity index is -0.000000209. The van der Waals surface area contributed by atoms with E-state index in [0.717, 1.165) is 0 Å². The van der Waals surface area contributed by atoms with Crippen LogP contribution in [0.1, 0.15) is 27.7 Å². The first-order chi connectivity index (χ1) is 5.97. The summed E-state index contributed by atoms with van der Waals surface area (Å²) in [5.74, 6) is 0. The number of quaternary nitrogens is 1. The van der Waals surface area contributed by atoms with Crippen molar-refractivity contribution in [3.8, 4) is 0 Å². The molecule has 0 aliphatic carbocycles. The summed E-state index contributed by atoms with van der Waals surface area (Å²) in [7, 11) is 0. The molecule has 0 radical (unpaired) electrons. The third-order valence-electron chi connectivity index (χ3n) is 2.68. The Hall–Kier alpha value is 0.230. The van der Waals surface area contributed by atoms with Crippen LogP contribution in [0.5, 0.6) is 0 Å². The average molecular weight is 213 g/mol. The van der Waals surface area contributed by atoms with E-state index in [0.29, 0.717) is 0 Å². The maximum absolute atomic E-state index is 8.33. The number of carbonyl (C=O) groups is 1. The van der Waals surface area contributed by atoms with Crippen molar-refractivity contribution in [1.29, 1.82) is 0 Å². The molecule has 80 valence electrons. The minimum atomic E-state index is -2.33. The molecule has 0 aromatic heterocycles. The van der Waals surface area contributed by atoms with Crippen LogP contribution >= 0.6 is 0 Å². The van der Waals surface area contributed by atoms with Crippen molar-refractivity contribution in [3.63, 3.8) is 0 Å². The zero-order valence-electron chi connectivity index (χ0n) is 10.0. The van der Waals surface area contributed by atoms with E-state index in [1.165, 1.54) is 30.7 Å². The van der Waals surface area contributed by atoms with Crippen molar-refractivity contribution in [1.82, 2.24) is 0 Å². The minimum absolute atomic E-state index is 0. The molecule has 0 bridgehead atoms. The number of hydrogen-bond donors (Lipinski definition) is 0. The molecule has 0 fully saturated rings. The number of hydrogen-bond acceptors (Lipinski definition) is 3. The fraction of sp³-hybridized carbons (Fsp3) is 0.889. The van der Waals surface area contributed by atoms with Crippen LogP contribution in [0, 0.1) is 0 Å². The van der Waals surface area contributed by atoms with E-state index in [2.05, 4.69) is 27.7 Å². The average Bonchev–Trinajstić information content (AvgIpc) is 2.09. The zero-order chi connectivity index (χ0) is 10.9. The summed E-state index contributed by atoms with van der Waals surface area (Å²) >= 11 is 0. The first-order valence-corrected chi connectivity index (χ1v) is 4.71. The molecule has 0 aliphatic rings. The van der Waals surface area contributed by atoms with Gasteiger partial charge in [0, 0.05) is 0 Å². The van der Waals surface area contributed by atoms with Crippen molar-refractivity contribution in [2.24, 2.45) is 0 Å². The van der Waals surface area contributed by atoms with Crippen LogP contribution in [0.25, 0.3) is 0 Å². The van der Waals surface area contributed by atoms with Crippen LogP contribution in [0.15, 0.2) is 0 Å². The third-order valence-corrected chi connectivity index (χ3v) is 2.68. The topological polar surface area (TPSA) is 63.2 Å². The molecule has 0 aromatic rings. The molecule has 5 heteroatoms. The molecule has 4 nitrogen and oxygen atoms in total. The summed E-state index contributed by atoms with van der Waals surface area (Å²) in [5, 5.41) is 16.7. The van der Waals surface area contributed by atoms with Crippen LogP contribution in [0.2, 0.25) is 0 Å². The summed E-state index contributed by atoms with van der Waals surface area (Å²) in [4.78, 5) is 8.33. The Kier molecular flexibility index (Phi) is 15.9. The molecule has 0 saturated carbocycles. The Morgan fingerprint density at radius 1 is 0.929 bits per heavy atom. The van der Waals surface area contributed by atoms with Crippen LogP contribution in [0.4, 0.5) is 4.79 Å². The Labute approximate surface area is 109 Å². The summed E-state index contributed by atoms with van der Waals surface area (Å²) < 4.78 is 1.28. The van der Waals surface area contributed by atoms with Gasteiger partial charge in [0.05, 0.1) is 26.2 Å². The molecule has 0 atom stereocenters. The van der Waals surface area contributed by atoms with Gasteiger partial charge in [-0.1, -0.05) is 0 Å². The van der Waals surface area contributed by atoms with Gasteiger partial charge >= 0.3 is 29.6 Å². The maximum atomic E-state index is 8.33. The molecule has 0 N–H and O–H groups in total. The Bertz CT molecular complexity index is 117. The van der Waals surface area contributed by atoms with Gasteiger partial charge in [-0.25, -0.2) is 0 Å². The fourth-order valence-electron chi connectivity index (χ4n) is 1.34. The van der Waals surface area contributed by atoms with E-state index in [-0.39, 0.29) is 29.6 Å². The smallest absolute Gasteiger partial charge is 0.652 e. The quantitative estimate of drug-likeness (QED) is 0.359. The van der Waals surface area contributed by atoms with Gasteiger partial charge in [-0.05, 0) is 33.9 Å². The molecule has 0 aliphatic heterocycles. The molecule has 0 aromatic carbocycles. The molecule has 0 spiro atoms. The van der Waals surface area contributed by atoms with E-state index < -0.39 is 6.16 Å². The molecular formula is C9H20NNaO3. The first kappa shape index (κ1) is 19.7. The van der Waals surface area contributed by atoms with E-state index in [1.807, 2.05) is 0 Å². The minimum Gasteiger partial charge on any atom is -0.652 e. The van der Waals surface area contributed by atoms with Crippen molar-refractivity contribution >= 4 is 6.16 Å². The van der Waals surface area contributed by atoms with Crippen molar-refractivity contribution in [3.05, 3.63) is 0 Å². The predicted molar refractivity (Wildman–Crippen MR) is 47.8 cm³/mol. The van der Waals surface area contributed by atoms with Gasteiger partial charge in [-0.2, -0.15) is 0 Å². The van der Waals surface area contributed by atoms with Gasteiger partial charge in [0.2, 0.25) is 0 Å². The van der Waals surface area contributed by atoms with Gasteiger partial charge in [-0.3, -0.25) is 0 Å². The predicted octanol–water partition coefficient (Wildman–Crippen LogP) is -3.56. The second-order valence-corrected chi connectivity index (χ2v) is 2.86. The normalized spacial score (nSPS) is 9.43. The number of nitrogens with zero attached hydrogens (tertiary/aromatic N) is 1. The Morgan fingerprint density at radius 3 is 1.07 bits per heavy atom. The van der Waals surface area contributed by atoms with Crippen LogP contribution in [-0.2, 0) is 0 Å². The molecule has 0 unspecified atom stereocenters. The second-order valence-electron chi connectivity index (χ2n) is 2.86. The maximum Gasteiger partial charge on any atom is 1.00 e. The third kappa shape index (κ3) is 10.3. The number of rotatable bonds is 4. The van der Waals surface area contributed by atoms with Gasteiger partial charge < -0.3 is 19.5 Å². The molecule has 0 amide bonds. The van der Waals surface area contributed by atoms with Crippen LogP contribution < -0.4 is 39.8 Å². The first-order valence-electron chi connectivity index (χ1n) is 4.71. The largest absolute Gasteiger partial charge is 1.00 e. The summed E-state index contributed by atoms with van der Waals surface area (Å²) in [6, 6.07) is 0. The van der Waals surface area contributed by atoms with E-state index >= 15 is 0 Å². The van der Waals surface area contributed by atoms with Gasteiger partial charge in [-0.15, -0.1) is 0 Å². The van der Waals surface area contributed by atoms with Gasteiger partial charge in [0.15, 0.2) is 0 Å². The summed E-state index contributed by atoms with van der Waals surface area (Å²) in [6.07, 6.45) is -2.33. The molecule has 0 rings (SSSR count). The van der Waals surface area contributed by atoms with Crippen LogP contribution in [-0.4, -0.2) is 36.8 Å². The van der Waals surface area contributed by atoms with Crippen molar-refractivity contribution in [2.45, 2.75) is 27.7 Å². The van der Waals surface area contributed by atoms with Crippen molar-refractivity contribution < 1.29 is 49.0 Å². The van der Waals surface area contributed by atoms with Crippen LogP contribution in [0.3, 0.4) is 0 Å². The SMILES string of the molecule is CC[N+](CC)(CC)CC.O=C([O-])[O-].[Na+]. The number of carboxylic acid groups (broad SMARTS) is 2. The second kappa shape index (κ2) is 11.3.